The highest BCUT2D eigenvalue weighted by Crippen LogP contribution is 2.28. The molecule has 4 heteroatoms. The van der Waals surface area contributed by atoms with Crippen molar-refractivity contribution in [1.82, 2.24) is 0 Å². The summed E-state index contributed by atoms with van der Waals surface area (Å²) in [6, 6.07) is 15.1. The molecule has 0 aliphatic heterocycles. The molecule has 0 atom stereocenters. The fourth-order valence-corrected chi connectivity index (χ4v) is 2.97. The molecular formula is C15H8BrIO2. The minimum Gasteiger partial charge on any atom is -0.455 e. The van der Waals surface area contributed by atoms with E-state index >= 15 is 0 Å². The van der Waals surface area contributed by atoms with Gasteiger partial charge in [-0.3, -0.25) is 4.79 Å². The average molecular weight is 427 g/mol. The van der Waals surface area contributed by atoms with Crippen LogP contribution in [0.25, 0.3) is 22.3 Å². The summed E-state index contributed by atoms with van der Waals surface area (Å²) < 4.78 is 7.40. The standard InChI is InChI=1S/C15H8BrIO2/c16-10-6-7-11-12(8-10)19-15(13(17)14(11)18)9-4-2-1-3-5-9/h1-8H. The Morgan fingerprint density at radius 3 is 2.53 bits per heavy atom. The van der Waals surface area contributed by atoms with Gasteiger partial charge in [0.1, 0.15) is 9.15 Å². The normalized spacial score (nSPS) is 10.8. The molecule has 1 aromatic heterocycles. The zero-order valence-corrected chi connectivity index (χ0v) is 13.4. The van der Waals surface area contributed by atoms with Crippen LogP contribution in [0.2, 0.25) is 0 Å². The van der Waals surface area contributed by atoms with E-state index in [-0.39, 0.29) is 5.43 Å². The van der Waals surface area contributed by atoms with E-state index in [1.54, 1.807) is 6.07 Å². The highest BCUT2D eigenvalue weighted by atomic mass is 127. The predicted octanol–water partition coefficient (Wildman–Crippen LogP) is 4.83. The molecule has 94 valence electrons. The van der Waals surface area contributed by atoms with Crippen molar-refractivity contribution in [2.45, 2.75) is 0 Å². The van der Waals surface area contributed by atoms with Crippen LogP contribution in [0.1, 0.15) is 0 Å². The quantitative estimate of drug-likeness (QED) is 0.522. The molecule has 0 aliphatic carbocycles. The van der Waals surface area contributed by atoms with Gasteiger partial charge in [0, 0.05) is 10.0 Å². The van der Waals surface area contributed by atoms with Crippen molar-refractivity contribution >= 4 is 49.5 Å². The van der Waals surface area contributed by atoms with Crippen molar-refractivity contribution in [3.63, 3.8) is 0 Å². The fourth-order valence-electron chi connectivity index (χ4n) is 1.92. The van der Waals surface area contributed by atoms with Crippen molar-refractivity contribution in [3.8, 4) is 11.3 Å². The summed E-state index contributed by atoms with van der Waals surface area (Å²) in [6.07, 6.45) is 0. The molecule has 0 amide bonds. The van der Waals surface area contributed by atoms with Crippen LogP contribution < -0.4 is 5.43 Å². The van der Waals surface area contributed by atoms with Crippen molar-refractivity contribution in [1.29, 1.82) is 0 Å². The first kappa shape index (κ1) is 12.9. The van der Waals surface area contributed by atoms with Gasteiger partial charge < -0.3 is 4.42 Å². The Labute approximate surface area is 131 Å². The molecule has 0 unspecified atom stereocenters. The molecule has 0 fully saturated rings. The third-order valence-corrected chi connectivity index (χ3v) is 4.31. The topological polar surface area (TPSA) is 30.2 Å². The van der Waals surface area contributed by atoms with Crippen molar-refractivity contribution in [2.24, 2.45) is 0 Å². The van der Waals surface area contributed by atoms with E-state index in [1.165, 1.54) is 0 Å². The number of hydrogen-bond acceptors (Lipinski definition) is 2. The lowest BCUT2D eigenvalue weighted by molar-refractivity contribution is 0.615. The highest BCUT2D eigenvalue weighted by molar-refractivity contribution is 14.1. The Balaban J connectivity index is 2.38. The van der Waals surface area contributed by atoms with Crippen LogP contribution in [0.4, 0.5) is 0 Å². The van der Waals surface area contributed by atoms with Gasteiger partial charge in [-0.05, 0) is 40.8 Å². The summed E-state index contributed by atoms with van der Waals surface area (Å²) in [5.41, 5.74) is 1.51. The fraction of sp³-hybridized carbons (Fsp3) is 0. The number of fused-ring (bicyclic) bond motifs is 1. The number of hydrogen-bond donors (Lipinski definition) is 0. The first-order valence-electron chi connectivity index (χ1n) is 5.64. The first-order valence-corrected chi connectivity index (χ1v) is 7.51. The van der Waals surface area contributed by atoms with E-state index in [9.17, 15) is 4.79 Å². The Kier molecular flexibility index (Phi) is 3.45. The molecule has 1 heterocycles. The smallest absolute Gasteiger partial charge is 0.206 e. The van der Waals surface area contributed by atoms with Crippen LogP contribution in [0, 0.1) is 3.57 Å². The van der Waals surface area contributed by atoms with Crippen LogP contribution in [0.15, 0.2) is 62.2 Å². The Hall–Kier alpha value is -1.14. The Morgan fingerprint density at radius 2 is 1.79 bits per heavy atom. The molecule has 2 aromatic carbocycles. The molecule has 19 heavy (non-hydrogen) atoms. The van der Waals surface area contributed by atoms with E-state index in [0.717, 1.165) is 10.0 Å². The summed E-state index contributed by atoms with van der Waals surface area (Å²) in [5, 5.41) is 0.604. The highest BCUT2D eigenvalue weighted by Gasteiger charge is 2.13. The molecule has 0 saturated carbocycles. The monoisotopic (exact) mass is 426 g/mol. The summed E-state index contributed by atoms with van der Waals surface area (Å²) >= 11 is 5.44. The maximum absolute atomic E-state index is 12.4. The second kappa shape index (κ2) is 5.09. The SMILES string of the molecule is O=c1c(I)c(-c2ccccc2)oc2cc(Br)ccc12. The van der Waals surface area contributed by atoms with Crippen LogP contribution in [-0.2, 0) is 0 Å². The first-order chi connectivity index (χ1) is 9.16. The molecule has 0 spiro atoms. The van der Waals surface area contributed by atoms with Gasteiger partial charge in [-0.15, -0.1) is 0 Å². The number of rotatable bonds is 1. The van der Waals surface area contributed by atoms with Crippen molar-refractivity contribution in [2.75, 3.05) is 0 Å². The van der Waals surface area contributed by atoms with E-state index in [0.29, 0.717) is 20.3 Å². The zero-order chi connectivity index (χ0) is 13.4. The van der Waals surface area contributed by atoms with Gasteiger partial charge in [-0.25, -0.2) is 0 Å². The third kappa shape index (κ3) is 2.34. The van der Waals surface area contributed by atoms with Gasteiger partial charge in [0.25, 0.3) is 0 Å². The second-order valence-electron chi connectivity index (χ2n) is 4.08. The summed E-state index contributed by atoms with van der Waals surface area (Å²) in [7, 11) is 0. The maximum atomic E-state index is 12.4. The maximum Gasteiger partial charge on any atom is 0.206 e. The lowest BCUT2D eigenvalue weighted by atomic mass is 10.1. The van der Waals surface area contributed by atoms with Crippen molar-refractivity contribution < 1.29 is 4.42 Å². The van der Waals surface area contributed by atoms with Crippen LogP contribution in [0.5, 0.6) is 0 Å². The molecular weight excluding hydrogens is 419 g/mol. The van der Waals surface area contributed by atoms with Crippen LogP contribution in [0.3, 0.4) is 0 Å². The molecule has 3 aromatic rings. The van der Waals surface area contributed by atoms with Gasteiger partial charge in [0.2, 0.25) is 5.43 Å². The Morgan fingerprint density at radius 1 is 1.05 bits per heavy atom. The van der Waals surface area contributed by atoms with E-state index in [1.807, 2.05) is 65.1 Å². The lowest BCUT2D eigenvalue weighted by Crippen LogP contribution is -2.07. The van der Waals surface area contributed by atoms with Gasteiger partial charge in [-0.1, -0.05) is 46.3 Å². The number of halogens is 2. The van der Waals surface area contributed by atoms with Gasteiger partial charge in [0.05, 0.1) is 5.39 Å². The molecule has 2 nitrogen and oxygen atoms in total. The van der Waals surface area contributed by atoms with Crippen molar-refractivity contribution in [3.05, 3.63) is 66.8 Å². The van der Waals surface area contributed by atoms with Crippen LogP contribution in [-0.4, -0.2) is 0 Å². The molecule has 0 bridgehead atoms. The minimum absolute atomic E-state index is 0.00760. The van der Waals surface area contributed by atoms with Crippen LogP contribution >= 0.6 is 38.5 Å². The Bertz CT molecular complexity index is 809. The van der Waals surface area contributed by atoms with E-state index in [4.69, 9.17) is 4.42 Å². The summed E-state index contributed by atoms with van der Waals surface area (Å²) in [4.78, 5) is 12.4. The largest absolute Gasteiger partial charge is 0.455 e. The molecule has 0 N–H and O–H groups in total. The van der Waals surface area contributed by atoms with Gasteiger partial charge in [-0.2, -0.15) is 0 Å². The second-order valence-corrected chi connectivity index (χ2v) is 6.08. The van der Waals surface area contributed by atoms with E-state index < -0.39 is 0 Å². The van der Waals surface area contributed by atoms with E-state index in [2.05, 4.69) is 15.9 Å². The summed E-state index contributed by atoms with van der Waals surface area (Å²) in [6.45, 7) is 0. The molecule has 0 saturated heterocycles. The zero-order valence-electron chi connectivity index (χ0n) is 9.69. The molecule has 0 radical (unpaired) electrons. The minimum atomic E-state index is 0.00760. The summed E-state index contributed by atoms with van der Waals surface area (Å²) in [5.74, 6) is 0.622. The predicted molar refractivity (Wildman–Crippen MR) is 88.3 cm³/mol. The molecule has 3 rings (SSSR count). The average Bonchev–Trinajstić information content (AvgIpc) is 2.43. The molecule has 0 aliphatic rings. The lowest BCUT2D eigenvalue weighted by Gasteiger charge is -2.06. The number of benzene rings is 2. The van der Waals surface area contributed by atoms with Gasteiger partial charge >= 0.3 is 0 Å². The third-order valence-electron chi connectivity index (χ3n) is 2.83. The van der Waals surface area contributed by atoms with Gasteiger partial charge in [0.15, 0.2) is 5.76 Å².